The maximum absolute atomic E-state index is 5.86. The molecule has 0 aromatic carbocycles. The number of nitrogens with two attached hydrogens (primary N) is 1. The Morgan fingerprint density at radius 1 is 1.53 bits per heavy atom. The van der Waals surface area contributed by atoms with Crippen LogP contribution in [0.1, 0.15) is 18.4 Å². The molecule has 0 bridgehead atoms. The number of ether oxygens (including phenoxy) is 1. The zero-order valence-electron chi connectivity index (χ0n) is 10.6. The molecule has 94 valence electrons. The van der Waals surface area contributed by atoms with Crippen molar-refractivity contribution < 1.29 is 4.74 Å². The molecule has 1 aromatic heterocycles. The smallest absolute Gasteiger partial charge is 0.130 e. The predicted molar refractivity (Wildman–Crippen MR) is 70.2 cm³/mol. The van der Waals surface area contributed by atoms with Crippen LogP contribution in [0.25, 0.3) is 0 Å². The highest BCUT2D eigenvalue weighted by Gasteiger charge is 2.20. The lowest BCUT2D eigenvalue weighted by Crippen LogP contribution is -2.24. The Hall–Kier alpha value is -1.29. The highest BCUT2D eigenvalue weighted by atomic mass is 16.5. The lowest BCUT2D eigenvalue weighted by Gasteiger charge is -2.18. The van der Waals surface area contributed by atoms with Gasteiger partial charge >= 0.3 is 0 Å². The maximum Gasteiger partial charge on any atom is 0.130 e. The summed E-state index contributed by atoms with van der Waals surface area (Å²) in [7, 11) is 2.01. The Morgan fingerprint density at radius 3 is 2.94 bits per heavy atom. The van der Waals surface area contributed by atoms with Crippen molar-refractivity contribution in [3.8, 4) is 0 Å². The molecule has 2 N–H and O–H groups in total. The van der Waals surface area contributed by atoms with Crippen molar-refractivity contribution in [1.82, 2.24) is 4.98 Å². The van der Waals surface area contributed by atoms with Gasteiger partial charge in [0.2, 0.25) is 0 Å². The molecule has 0 atom stereocenters. The first-order valence-electron chi connectivity index (χ1n) is 6.18. The lowest BCUT2D eigenvalue weighted by atomic mass is 10.2. The molecule has 2 rings (SSSR count). The van der Waals surface area contributed by atoms with Crippen LogP contribution in [0.15, 0.2) is 12.3 Å². The van der Waals surface area contributed by atoms with Gasteiger partial charge in [-0.25, -0.2) is 4.98 Å². The molecule has 0 aliphatic heterocycles. The second kappa shape index (κ2) is 5.36. The van der Waals surface area contributed by atoms with Gasteiger partial charge in [0.15, 0.2) is 0 Å². The summed E-state index contributed by atoms with van der Waals surface area (Å²) >= 11 is 0. The zero-order valence-corrected chi connectivity index (χ0v) is 10.6. The minimum atomic E-state index is 0.752. The Labute approximate surface area is 103 Å². The second-order valence-electron chi connectivity index (χ2n) is 4.84. The van der Waals surface area contributed by atoms with Crippen LogP contribution in [-0.2, 0) is 4.74 Å². The third kappa shape index (κ3) is 3.60. The van der Waals surface area contributed by atoms with Crippen LogP contribution in [-0.4, -0.2) is 31.8 Å². The van der Waals surface area contributed by atoms with Crippen LogP contribution in [0.2, 0.25) is 0 Å². The van der Waals surface area contributed by atoms with Gasteiger partial charge < -0.3 is 15.4 Å². The summed E-state index contributed by atoms with van der Waals surface area (Å²) < 4.78 is 5.60. The van der Waals surface area contributed by atoms with Gasteiger partial charge in [0, 0.05) is 38.1 Å². The van der Waals surface area contributed by atoms with Gasteiger partial charge in [-0.15, -0.1) is 0 Å². The van der Waals surface area contributed by atoms with Gasteiger partial charge in [0.1, 0.15) is 5.82 Å². The topological polar surface area (TPSA) is 51.4 Å². The van der Waals surface area contributed by atoms with E-state index in [1.807, 2.05) is 26.2 Å². The van der Waals surface area contributed by atoms with E-state index >= 15 is 0 Å². The minimum Gasteiger partial charge on any atom is -0.398 e. The van der Waals surface area contributed by atoms with Crippen molar-refractivity contribution in [2.45, 2.75) is 19.8 Å². The molecule has 4 nitrogen and oxygen atoms in total. The largest absolute Gasteiger partial charge is 0.398 e. The normalized spacial score (nSPS) is 14.9. The van der Waals surface area contributed by atoms with E-state index in [1.54, 1.807) is 0 Å². The first-order chi connectivity index (χ1) is 8.16. The summed E-state index contributed by atoms with van der Waals surface area (Å²) in [6.07, 6.45) is 4.49. The van der Waals surface area contributed by atoms with Crippen molar-refractivity contribution in [2.75, 3.05) is 37.4 Å². The van der Waals surface area contributed by atoms with Gasteiger partial charge in [-0.2, -0.15) is 0 Å². The third-order valence-electron chi connectivity index (χ3n) is 3.14. The molecule has 4 heteroatoms. The average Bonchev–Trinajstić information content (AvgIpc) is 3.12. The van der Waals surface area contributed by atoms with Gasteiger partial charge in [-0.1, -0.05) is 0 Å². The minimum absolute atomic E-state index is 0.752. The molecule has 0 saturated heterocycles. The summed E-state index contributed by atoms with van der Waals surface area (Å²) in [6, 6.07) is 1.91. The standard InChI is InChI=1S/C13H21N3O/c1-10-8-15-13(7-12(10)14)16(2)5-6-17-9-11-3-4-11/h7-8,11H,3-6,9H2,1-2H3,(H2,14,15). The fourth-order valence-corrected chi connectivity index (χ4v) is 1.59. The van der Waals surface area contributed by atoms with Crippen molar-refractivity contribution in [3.05, 3.63) is 17.8 Å². The highest BCUT2D eigenvalue weighted by Crippen LogP contribution is 2.28. The molecule has 0 amide bonds. The molecule has 0 unspecified atom stereocenters. The van der Waals surface area contributed by atoms with Gasteiger partial charge in [0.05, 0.1) is 6.61 Å². The number of rotatable bonds is 6. The third-order valence-corrected chi connectivity index (χ3v) is 3.14. The number of hydrogen-bond donors (Lipinski definition) is 1. The monoisotopic (exact) mass is 235 g/mol. The quantitative estimate of drug-likeness (QED) is 0.764. The number of anilines is 2. The lowest BCUT2D eigenvalue weighted by molar-refractivity contribution is 0.131. The van der Waals surface area contributed by atoms with E-state index in [0.29, 0.717) is 0 Å². The SMILES string of the molecule is Cc1cnc(N(C)CCOCC2CC2)cc1N. The van der Waals surface area contributed by atoms with Gasteiger partial charge in [0.25, 0.3) is 0 Å². The number of likely N-dealkylation sites (N-methyl/N-ethyl adjacent to an activating group) is 1. The summed E-state index contributed by atoms with van der Waals surface area (Å²) in [6.45, 7) is 4.48. The summed E-state index contributed by atoms with van der Waals surface area (Å²) in [5.41, 5.74) is 7.68. The summed E-state index contributed by atoms with van der Waals surface area (Å²) in [5, 5.41) is 0. The fourth-order valence-electron chi connectivity index (χ4n) is 1.59. The first-order valence-corrected chi connectivity index (χ1v) is 6.18. The van der Waals surface area contributed by atoms with E-state index in [4.69, 9.17) is 10.5 Å². The van der Waals surface area contributed by atoms with E-state index in [9.17, 15) is 0 Å². The Balaban J connectivity index is 1.76. The first kappa shape index (κ1) is 12.2. The van der Waals surface area contributed by atoms with Crippen LogP contribution in [0, 0.1) is 12.8 Å². The molecule has 1 heterocycles. The summed E-state index contributed by atoms with van der Waals surface area (Å²) in [5.74, 6) is 1.73. The van der Waals surface area contributed by atoms with Crippen LogP contribution in [0.5, 0.6) is 0 Å². The molecular formula is C13H21N3O. The zero-order chi connectivity index (χ0) is 12.3. The predicted octanol–water partition coefficient (Wildman–Crippen LogP) is 1.84. The van der Waals surface area contributed by atoms with Crippen LogP contribution >= 0.6 is 0 Å². The van der Waals surface area contributed by atoms with E-state index in [2.05, 4.69) is 9.88 Å². The molecular weight excluding hydrogens is 214 g/mol. The Kier molecular flexibility index (Phi) is 3.84. The van der Waals surface area contributed by atoms with Crippen LogP contribution in [0.3, 0.4) is 0 Å². The molecule has 1 aliphatic carbocycles. The maximum atomic E-state index is 5.86. The number of aryl methyl sites for hydroxylation is 1. The summed E-state index contributed by atoms with van der Waals surface area (Å²) in [4.78, 5) is 6.43. The second-order valence-corrected chi connectivity index (χ2v) is 4.84. The molecule has 17 heavy (non-hydrogen) atoms. The molecule has 1 fully saturated rings. The molecule has 1 aliphatic rings. The average molecular weight is 235 g/mol. The van der Waals surface area contributed by atoms with E-state index in [0.717, 1.165) is 42.7 Å². The number of hydrogen-bond acceptors (Lipinski definition) is 4. The Bertz CT molecular complexity index is 377. The molecule has 0 radical (unpaired) electrons. The number of nitrogen functional groups attached to an aromatic ring is 1. The highest BCUT2D eigenvalue weighted by molar-refractivity contribution is 5.54. The number of aromatic nitrogens is 1. The van der Waals surface area contributed by atoms with Crippen molar-refractivity contribution in [2.24, 2.45) is 5.92 Å². The van der Waals surface area contributed by atoms with Crippen molar-refractivity contribution in [3.63, 3.8) is 0 Å². The number of nitrogens with zero attached hydrogens (tertiary/aromatic N) is 2. The molecule has 0 spiro atoms. The Morgan fingerprint density at radius 2 is 2.29 bits per heavy atom. The number of pyridine rings is 1. The van der Waals surface area contributed by atoms with Crippen molar-refractivity contribution in [1.29, 1.82) is 0 Å². The van der Waals surface area contributed by atoms with Crippen molar-refractivity contribution >= 4 is 11.5 Å². The van der Waals surface area contributed by atoms with Gasteiger partial charge in [-0.3, -0.25) is 0 Å². The van der Waals surface area contributed by atoms with E-state index in [-0.39, 0.29) is 0 Å². The molecule has 1 aromatic rings. The van der Waals surface area contributed by atoms with E-state index in [1.165, 1.54) is 12.8 Å². The van der Waals surface area contributed by atoms with Gasteiger partial charge in [-0.05, 0) is 31.2 Å². The van der Waals surface area contributed by atoms with E-state index < -0.39 is 0 Å². The van der Waals surface area contributed by atoms with Crippen LogP contribution in [0.4, 0.5) is 11.5 Å². The van der Waals surface area contributed by atoms with Crippen LogP contribution < -0.4 is 10.6 Å². The fraction of sp³-hybridized carbons (Fsp3) is 0.615. The molecule has 1 saturated carbocycles.